The molecule has 0 spiro atoms. The molecule has 0 bridgehead atoms. The molecule has 0 aromatic carbocycles. The summed E-state index contributed by atoms with van der Waals surface area (Å²) in [6, 6.07) is -0.431. The molecule has 0 saturated carbocycles. The van der Waals surface area contributed by atoms with Gasteiger partial charge in [0.2, 0.25) is 0 Å². The third-order valence-corrected chi connectivity index (χ3v) is 3.49. The average molecular weight is 227 g/mol. The van der Waals surface area contributed by atoms with Crippen LogP contribution in [0.3, 0.4) is 0 Å². The van der Waals surface area contributed by atoms with Gasteiger partial charge in [-0.15, -0.1) is 0 Å². The van der Waals surface area contributed by atoms with Gasteiger partial charge in [-0.05, 0) is 5.92 Å². The highest BCUT2D eigenvalue weighted by atomic mass is 16.5. The van der Waals surface area contributed by atoms with E-state index < -0.39 is 12.1 Å². The summed E-state index contributed by atoms with van der Waals surface area (Å²) in [7, 11) is 1.33. The highest BCUT2D eigenvalue weighted by molar-refractivity contribution is 5.91. The number of Topliss-reactive ketones (excluding diaryl/α,β-unsaturated/α-hetero) is 1. The van der Waals surface area contributed by atoms with E-state index in [1.807, 2.05) is 0 Å². The number of rotatable bonds is 1. The summed E-state index contributed by atoms with van der Waals surface area (Å²) in [5.41, 5.74) is 0. The van der Waals surface area contributed by atoms with Gasteiger partial charge in [0.15, 0.2) is 5.78 Å². The molecule has 0 aromatic heterocycles. The summed E-state index contributed by atoms with van der Waals surface area (Å²) in [5, 5.41) is 0. The lowest BCUT2D eigenvalue weighted by Crippen LogP contribution is -2.41. The van der Waals surface area contributed by atoms with Gasteiger partial charge in [-0.25, -0.2) is 4.79 Å². The third kappa shape index (κ3) is 1.59. The van der Waals surface area contributed by atoms with Crippen LogP contribution in [0.25, 0.3) is 0 Å². The summed E-state index contributed by atoms with van der Waals surface area (Å²) >= 11 is 0. The van der Waals surface area contributed by atoms with Crippen LogP contribution in [0.15, 0.2) is 0 Å². The Labute approximate surface area is 94.7 Å². The zero-order valence-corrected chi connectivity index (χ0v) is 9.80. The van der Waals surface area contributed by atoms with Gasteiger partial charge in [-0.3, -0.25) is 9.69 Å². The van der Waals surface area contributed by atoms with E-state index in [0.29, 0.717) is 12.5 Å². The van der Waals surface area contributed by atoms with Crippen LogP contribution in [0.5, 0.6) is 0 Å². The first-order valence-corrected chi connectivity index (χ1v) is 5.55. The van der Waals surface area contributed by atoms with Gasteiger partial charge in [-0.2, -0.15) is 0 Å². The Morgan fingerprint density at radius 1 is 1.56 bits per heavy atom. The van der Waals surface area contributed by atoms with Crippen LogP contribution in [0, 0.1) is 11.8 Å². The van der Waals surface area contributed by atoms with E-state index in [2.05, 4.69) is 13.8 Å². The molecule has 5 nitrogen and oxygen atoms in total. The average Bonchev–Trinajstić information content (AvgIpc) is 2.78. The van der Waals surface area contributed by atoms with E-state index in [-0.39, 0.29) is 24.4 Å². The Morgan fingerprint density at radius 2 is 2.25 bits per heavy atom. The lowest BCUT2D eigenvalue weighted by molar-refractivity contribution is -0.121. The number of methoxy groups -OCH3 is 1. The molecule has 2 saturated heterocycles. The highest BCUT2D eigenvalue weighted by Crippen LogP contribution is 2.35. The van der Waals surface area contributed by atoms with Crippen molar-refractivity contribution in [3.63, 3.8) is 0 Å². The molecule has 90 valence electrons. The van der Waals surface area contributed by atoms with E-state index in [1.165, 1.54) is 12.0 Å². The smallest absolute Gasteiger partial charge is 0.410 e. The molecule has 2 aliphatic rings. The monoisotopic (exact) mass is 227 g/mol. The molecular formula is C11H17NO4. The molecular weight excluding hydrogens is 210 g/mol. The second-order valence-corrected chi connectivity index (χ2v) is 4.72. The third-order valence-electron chi connectivity index (χ3n) is 3.49. The Bertz CT molecular complexity index is 315. The van der Waals surface area contributed by atoms with Crippen molar-refractivity contribution in [2.45, 2.75) is 26.0 Å². The largest absolute Gasteiger partial charge is 0.453 e. The quantitative estimate of drug-likeness (QED) is 0.661. The molecule has 5 heteroatoms. The molecule has 0 N–H and O–H groups in total. The van der Waals surface area contributed by atoms with Crippen LogP contribution in [0.1, 0.15) is 13.8 Å². The molecule has 0 radical (unpaired) electrons. The molecule has 2 rings (SSSR count). The number of ether oxygens (including phenoxy) is 2. The van der Waals surface area contributed by atoms with Gasteiger partial charge in [0.1, 0.15) is 12.6 Å². The number of ketones is 1. The lowest BCUT2D eigenvalue weighted by atomic mass is 9.91. The normalized spacial score (nSPS) is 33.4. The minimum absolute atomic E-state index is 0.0152. The molecule has 2 aliphatic heterocycles. The van der Waals surface area contributed by atoms with Crippen molar-refractivity contribution >= 4 is 11.9 Å². The highest BCUT2D eigenvalue weighted by Gasteiger charge is 2.53. The van der Waals surface area contributed by atoms with Crippen molar-refractivity contribution in [2.24, 2.45) is 11.8 Å². The van der Waals surface area contributed by atoms with Gasteiger partial charge >= 0.3 is 6.09 Å². The first kappa shape index (κ1) is 11.4. The predicted octanol–water partition coefficient (Wildman–Crippen LogP) is 0.677. The molecule has 0 aromatic rings. The first-order chi connectivity index (χ1) is 7.56. The SMILES string of the molecule is COC(=O)N1CC(C(C)C)C2OCC(=O)C21. The van der Waals surface area contributed by atoms with E-state index in [4.69, 9.17) is 9.47 Å². The van der Waals surface area contributed by atoms with E-state index in [9.17, 15) is 9.59 Å². The Balaban J connectivity index is 2.22. The summed E-state index contributed by atoms with van der Waals surface area (Å²) in [6.45, 7) is 4.82. The number of nitrogens with zero attached hydrogens (tertiary/aromatic N) is 1. The van der Waals surface area contributed by atoms with Crippen LogP contribution >= 0.6 is 0 Å². The minimum atomic E-state index is -0.433. The van der Waals surface area contributed by atoms with Crippen LogP contribution in [0.4, 0.5) is 4.79 Å². The maximum atomic E-state index is 11.7. The molecule has 3 atom stereocenters. The van der Waals surface area contributed by atoms with Gasteiger partial charge in [0, 0.05) is 12.5 Å². The molecule has 16 heavy (non-hydrogen) atoms. The molecule has 0 aliphatic carbocycles. The van der Waals surface area contributed by atoms with Crippen LogP contribution in [-0.4, -0.2) is 49.2 Å². The van der Waals surface area contributed by atoms with Gasteiger partial charge in [-0.1, -0.05) is 13.8 Å². The standard InChI is InChI=1S/C11H17NO4/c1-6(2)7-4-12(11(14)15-3)9-8(13)5-16-10(7)9/h6-7,9-10H,4-5H2,1-3H3. The fourth-order valence-electron chi connectivity index (χ4n) is 2.59. The number of carbonyl (C=O) groups excluding carboxylic acids is 2. The van der Waals surface area contributed by atoms with Crippen LogP contribution < -0.4 is 0 Å². The summed E-state index contributed by atoms with van der Waals surface area (Å²) < 4.78 is 10.2. The number of hydrogen-bond acceptors (Lipinski definition) is 4. The second kappa shape index (κ2) is 4.05. The van der Waals surface area contributed by atoms with Crippen molar-refractivity contribution in [3.05, 3.63) is 0 Å². The zero-order valence-electron chi connectivity index (χ0n) is 9.80. The van der Waals surface area contributed by atoms with E-state index >= 15 is 0 Å². The lowest BCUT2D eigenvalue weighted by Gasteiger charge is -2.19. The number of fused-ring (bicyclic) bond motifs is 1. The van der Waals surface area contributed by atoms with Crippen LogP contribution in [-0.2, 0) is 14.3 Å². The maximum Gasteiger partial charge on any atom is 0.410 e. The van der Waals surface area contributed by atoms with Crippen molar-refractivity contribution in [3.8, 4) is 0 Å². The fourth-order valence-corrected chi connectivity index (χ4v) is 2.59. The molecule has 2 fully saturated rings. The fraction of sp³-hybridized carbons (Fsp3) is 0.818. The maximum absolute atomic E-state index is 11.7. The van der Waals surface area contributed by atoms with Crippen molar-refractivity contribution in [1.82, 2.24) is 4.90 Å². The Hall–Kier alpha value is -1.10. The van der Waals surface area contributed by atoms with Crippen molar-refractivity contribution in [2.75, 3.05) is 20.3 Å². The molecule has 1 amide bonds. The second-order valence-electron chi connectivity index (χ2n) is 4.72. The van der Waals surface area contributed by atoms with Gasteiger partial charge in [0.25, 0.3) is 0 Å². The van der Waals surface area contributed by atoms with Gasteiger partial charge in [0.05, 0.1) is 13.2 Å². The van der Waals surface area contributed by atoms with Crippen molar-refractivity contribution in [1.29, 1.82) is 0 Å². The Kier molecular flexibility index (Phi) is 2.88. The zero-order chi connectivity index (χ0) is 11.9. The molecule has 2 heterocycles. The minimum Gasteiger partial charge on any atom is -0.453 e. The molecule has 3 unspecified atom stereocenters. The van der Waals surface area contributed by atoms with E-state index in [1.54, 1.807) is 0 Å². The Morgan fingerprint density at radius 3 is 2.81 bits per heavy atom. The van der Waals surface area contributed by atoms with E-state index in [0.717, 1.165) is 0 Å². The predicted molar refractivity (Wildman–Crippen MR) is 56.0 cm³/mol. The topological polar surface area (TPSA) is 55.8 Å². The van der Waals surface area contributed by atoms with Crippen LogP contribution in [0.2, 0.25) is 0 Å². The number of likely N-dealkylation sites (tertiary alicyclic amines) is 1. The summed E-state index contributed by atoms with van der Waals surface area (Å²) in [6.07, 6.45) is -0.580. The summed E-state index contributed by atoms with van der Waals surface area (Å²) in [5.74, 6) is 0.585. The summed E-state index contributed by atoms with van der Waals surface area (Å²) in [4.78, 5) is 24.8. The number of carbonyl (C=O) groups is 2. The van der Waals surface area contributed by atoms with Crippen molar-refractivity contribution < 1.29 is 19.1 Å². The number of amides is 1. The first-order valence-electron chi connectivity index (χ1n) is 5.55. The number of hydrogen-bond donors (Lipinski definition) is 0. The van der Waals surface area contributed by atoms with Gasteiger partial charge < -0.3 is 9.47 Å².